The lowest BCUT2D eigenvalue weighted by Gasteiger charge is -2.45. The van der Waals surface area contributed by atoms with Crippen molar-refractivity contribution in [1.29, 1.82) is 0 Å². The van der Waals surface area contributed by atoms with Gasteiger partial charge in [-0.3, -0.25) is 9.59 Å². The molecule has 2 amide bonds. The van der Waals surface area contributed by atoms with Gasteiger partial charge >= 0.3 is 0 Å². The zero-order chi connectivity index (χ0) is 21.1. The summed E-state index contributed by atoms with van der Waals surface area (Å²) in [5, 5.41) is 6.24. The Bertz CT molecular complexity index is 934. The third-order valence-corrected chi connectivity index (χ3v) is 6.14. The molecule has 0 bridgehead atoms. The summed E-state index contributed by atoms with van der Waals surface area (Å²) >= 11 is 0. The topological polar surface area (TPSA) is 61.4 Å². The Morgan fingerprint density at radius 2 is 1.80 bits per heavy atom. The molecule has 2 aliphatic heterocycles. The van der Waals surface area contributed by atoms with E-state index in [4.69, 9.17) is 0 Å². The van der Waals surface area contributed by atoms with Crippen molar-refractivity contribution in [2.24, 2.45) is 0 Å². The van der Waals surface area contributed by atoms with Gasteiger partial charge in [-0.2, -0.15) is 0 Å². The second kappa shape index (κ2) is 8.46. The maximum absolute atomic E-state index is 14.0. The molecule has 2 N–H and O–H groups in total. The number of fused-ring (bicyclic) bond motifs is 1. The van der Waals surface area contributed by atoms with Gasteiger partial charge in [-0.05, 0) is 42.7 Å². The summed E-state index contributed by atoms with van der Waals surface area (Å²) < 4.78 is 14.0. The van der Waals surface area contributed by atoms with Crippen molar-refractivity contribution in [3.63, 3.8) is 0 Å². The SMILES string of the molecule is CCCCCc1ccc(C(=O)N2CCC3(CC2)NC(=O)c2c(F)cccc2N3)cc1. The second-order valence-corrected chi connectivity index (χ2v) is 8.27. The Kier molecular flexibility index (Phi) is 5.75. The minimum Gasteiger partial charge on any atom is -0.362 e. The molecule has 158 valence electrons. The van der Waals surface area contributed by atoms with Crippen molar-refractivity contribution < 1.29 is 14.0 Å². The summed E-state index contributed by atoms with van der Waals surface area (Å²) in [5.41, 5.74) is 1.88. The van der Waals surface area contributed by atoms with Crippen molar-refractivity contribution in [1.82, 2.24) is 10.2 Å². The van der Waals surface area contributed by atoms with E-state index in [1.807, 2.05) is 29.2 Å². The third kappa shape index (κ3) is 4.04. The number of benzene rings is 2. The van der Waals surface area contributed by atoms with E-state index >= 15 is 0 Å². The number of unbranched alkanes of at least 4 members (excludes halogenated alkanes) is 2. The number of carbonyl (C=O) groups excluding carboxylic acids is 2. The van der Waals surface area contributed by atoms with Crippen molar-refractivity contribution in [2.45, 2.75) is 51.1 Å². The third-order valence-electron chi connectivity index (χ3n) is 6.14. The molecule has 4 rings (SSSR count). The highest BCUT2D eigenvalue weighted by atomic mass is 19.1. The average molecular weight is 410 g/mol. The van der Waals surface area contributed by atoms with Gasteiger partial charge in [0.1, 0.15) is 11.5 Å². The monoisotopic (exact) mass is 409 g/mol. The summed E-state index contributed by atoms with van der Waals surface area (Å²) in [7, 11) is 0. The van der Waals surface area contributed by atoms with Gasteiger partial charge in [-0.25, -0.2) is 4.39 Å². The van der Waals surface area contributed by atoms with Gasteiger partial charge in [0, 0.05) is 31.5 Å². The maximum atomic E-state index is 14.0. The number of carbonyl (C=O) groups is 2. The number of likely N-dealkylation sites (tertiary alicyclic amines) is 1. The van der Waals surface area contributed by atoms with Gasteiger partial charge in [0.25, 0.3) is 11.8 Å². The van der Waals surface area contributed by atoms with Crippen LogP contribution < -0.4 is 10.6 Å². The van der Waals surface area contributed by atoms with Crippen molar-refractivity contribution in [3.05, 3.63) is 65.0 Å². The van der Waals surface area contributed by atoms with Crippen LogP contribution in [0, 0.1) is 5.82 Å². The highest BCUT2D eigenvalue weighted by Crippen LogP contribution is 2.32. The molecule has 6 heteroatoms. The number of aryl methyl sites for hydroxylation is 1. The lowest BCUT2D eigenvalue weighted by Crippen LogP contribution is -2.62. The standard InChI is InChI=1S/C24H28FN3O2/c1-2-3-4-6-17-9-11-18(12-10-17)23(30)28-15-13-24(14-16-28)26-20-8-5-7-19(25)21(20)22(29)27-24/h5,7-12,26H,2-4,6,13-16H2,1H3,(H,27,29). The molecule has 0 unspecified atom stereocenters. The highest BCUT2D eigenvalue weighted by Gasteiger charge is 2.41. The predicted molar refractivity (Wildman–Crippen MR) is 115 cm³/mol. The molecule has 2 aromatic rings. The first-order valence-electron chi connectivity index (χ1n) is 10.8. The van der Waals surface area contributed by atoms with E-state index in [0.29, 0.717) is 37.2 Å². The van der Waals surface area contributed by atoms with Crippen molar-refractivity contribution in [2.75, 3.05) is 18.4 Å². The van der Waals surface area contributed by atoms with Crippen molar-refractivity contribution in [3.8, 4) is 0 Å². The van der Waals surface area contributed by atoms with E-state index < -0.39 is 17.4 Å². The van der Waals surface area contributed by atoms with Crippen LogP contribution in [-0.2, 0) is 6.42 Å². The Labute approximate surface area is 176 Å². The first kappa shape index (κ1) is 20.4. The van der Waals surface area contributed by atoms with Gasteiger partial charge < -0.3 is 15.5 Å². The first-order valence-corrected chi connectivity index (χ1v) is 10.8. The molecule has 30 heavy (non-hydrogen) atoms. The van der Waals surface area contributed by atoms with Crippen molar-refractivity contribution >= 4 is 17.5 Å². The van der Waals surface area contributed by atoms with Crippen LogP contribution in [0.3, 0.4) is 0 Å². The van der Waals surface area contributed by atoms with Crippen LogP contribution >= 0.6 is 0 Å². The summed E-state index contributed by atoms with van der Waals surface area (Å²) in [4.78, 5) is 27.2. The van der Waals surface area contributed by atoms with Gasteiger partial charge in [0.05, 0.1) is 11.3 Å². The summed E-state index contributed by atoms with van der Waals surface area (Å²) in [5.74, 6) is -0.920. The fourth-order valence-corrected chi connectivity index (χ4v) is 4.35. The van der Waals surface area contributed by atoms with Crippen LogP contribution in [0.1, 0.15) is 65.3 Å². The van der Waals surface area contributed by atoms with E-state index in [1.165, 1.54) is 30.9 Å². The molecule has 2 aromatic carbocycles. The molecule has 2 aliphatic rings. The predicted octanol–water partition coefficient (Wildman–Crippen LogP) is 4.35. The Balaban J connectivity index is 1.39. The number of amides is 2. The van der Waals surface area contributed by atoms with Gasteiger partial charge in [-0.1, -0.05) is 38.0 Å². The van der Waals surface area contributed by atoms with Crippen LogP contribution in [0.5, 0.6) is 0 Å². The maximum Gasteiger partial charge on any atom is 0.258 e. The number of anilines is 1. The highest BCUT2D eigenvalue weighted by molar-refractivity contribution is 6.02. The molecule has 0 saturated carbocycles. The first-order chi connectivity index (χ1) is 14.5. The zero-order valence-electron chi connectivity index (χ0n) is 17.3. The summed E-state index contributed by atoms with van der Waals surface area (Å²) in [6, 6.07) is 12.5. The molecule has 5 nitrogen and oxygen atoms in total. The van der Waals surface area contributed by atoms with E-state index in [9.17, 15) is 14.0 Å². The average Bonchev–Trinajstić information content (AvgIpc) is 2.74. The minimum atomic E-state index is -0.641. The fraction of sp³-hybridized carbons (Fsp3) is 0.417. The summed E-state index contributed by atoms with van der Waals surface area (Å²) in [6.45, 7) is 3.24. The minimum absolute atomic E-state index is 0.0125. The van der Waals surface area contributed by atoms with Crippen LogP contribution in [0.25, 0.3) is 0 Å². The number of hydrogen-bond donors (Lipinski definition) is 2. The van der Waals surface area contributed by atoms with Gasteiger partial charge in [0.15, 0.2) is 0 Å². The number of halogens is 1. The fourth-order valence-electron chi connectivity index (χ4n) is 4.35. The molecule has 0 radical (unpaired) electrons. The molecule has 0 atom stereocenters. The Morgan fingerprint density at radius 3 is 2.50 bits per heavy atom. The molecule has 0 aliphatic carbocycles. The van der Waals surface area contributed by atoms with E-state index in [2.05, 4.69) is 17.6 Å². The van der Waals surface area contributed by atoms with E-state index in [1.54, 1.807) is 12.1 Å². The smallest absolute Gasteiger partial charge is 0.258 e. The van der Waals surface area contributed by atoms with E-state index in [-0.39, 0.29) is 11.5 Å². The van der Waals surface area contributed by atoms with Crippen LogP contribution in [-0.4, -0.2) is 35.5 Å². The number of nitrogens with one attached hydrogen (secondary N) is 2. The summed E-state index contributed by atoms with van der Waals surface area (Å²) in [6.07, 6.45) is 5.76. The molecule has 1 spiro atoms. The molecule has 0 aromatic heterocycles. The molecule has 1 saturated heterocycles. The Morgan fingerprint density at radius 1 is 1.07 bits per heavy atom. The van der Waals surface area contributed by atoms with E-state index in [0.717, 1.165) is 6.42 Å². The number of nitrogens with zero attached hydrogens (tertiary/aromatic N) is 1. The lowest BCUT2D eigenvalue weighted by atomic mass is 9.92. The number of piperidine rings is 1. The van der Waals surface area contributed by atoms with Crippen LogP contribution in [0.2, 0.25) is 0 Å². The Hall–Kier alpha value is -2.89. The zero-order valence-corrected chi connectivity index (χ0v) is 17.3. The lowest BCUT2D eigenvalue weighted by molar-refractivity contribution is 0.0639. The molecule has 1 fully saturated rings. The quantitative estimate of drug-likeness (QED) is 0.722. The molecular weight excluding hydrogens is 381 g/mol. The van der Waals surface area contributed by atoms with Gasteiger partial charge in [0.2, 0.25) is 0 Å². The second-order valence-electron chi connectivity index (χ2n) is 8.27. The van der Waals surface area contributed by atoms with Crippen LogP contribution in [0.4, 0.5) is 10.1 Å². The van der Waals surface area contributed by atoms with Crippen LogP contribution in [0.15, 0.2) is 42.5 Å². The molecule has 2 heterocycles. The van der Waals surface area contributed by atoms with Gasteiger partial charge in [-0.15, -0.1) is 0 Å². The normalized spacial score (nSPS) is 17.3. The number of rotatable bonds is 5. The molecular formula is C24H28FN3O2. The largest absolute Gasteiger partial charge is 0.362 e. The number of hydrogen-bond acceptors (Lipinski definition) is 3.